The second-order valence-corrected chi connectivity index (χ2v) is 8.66. The van der Waals surface area contributed by atoms with E-state index in [0.717, 1.165) is 15.9 Å². The van der Waals surface area contributed by atoms with Gasteiger partial charge in [0, 0.05) is 0 Å². The highest BCUT2D eigenvalue weighted by Crippen LogP contribution is 2.56. The molecule has 3 aromatic rings. The summed E-state index contributed by atoms with van der Waals surface area (Å²) in [5.41, 5.74) is 0. The molecule has 0 radical (unpaired) electrons. The van der Waals surface area contributed by atoms with Gasteiger partial charge < -0.3 is 9.90 Å². The molecule has 2 nitrogen and oxygen atoms in total. The smallest absolute Gasteiger partial charge is 0.137 e. The number of carbonyl (C=O) groups is 1. The quantitative estimate of drug-likeness (QED) is 0.477. The van der Waals surface area contributed by atoms with Crippen LogP contribution in [0.25, 0.3) is 0 Å². The molecule has 0 aromatic heterocycles. The zero-order valence-electron chi connectivity index (χ0n) is 13.5. The summed E-state index contributed by atoms with van der Waals surface area (Å²) in [4.78, 5) is 11.2. The molecule has 0 N–H and O–H groups in total. The second kappa shape index (κ2) is 8.75. The average molecular weight is 413 g/mol. The van der Waals surface area contributed by atoms with Crippen molar-refractivity contribution in [1.29, 1.82) is 0 Å². The van der Waals surface area contributed by atoms with Crippen molar-refractivity contribution in [1.82, 2.24) is 0 Å². The van der Waals surface area contributed by atoms with E-state index in [-0.39, 0.29) is 17.0 Å². The fourth-order valence-electron chi connectivity index (χ4n) is 2.87. The Balaban J connectivity index is 0.00000225. The molecule has 126 valence electrons. The van der Waals surface area contributed by atoms with E-state index >= 15 is 0 Å². The molecule has 0 fully saturated rings. The van der Waals surface area contributed by atoms with E-state index in [1.165, 1.54) is 6.08 Å². The molecule has 0 unspecified atom stereocenters. The van der Waals surface area contributed by atoms with E-state index in [0.29, 0.717) is 0 Å². The number of hydrogen-bond donors (Lipinski definition) is 0. The van der Waals surface area contributed by atoms with Crippen LogP contribution in [0, 0.1) is 0 Å². The van der Waals surface area contributed by atoms with Crippen molar-refractivity contribution in [3.8, 4) is 0 Å². The van der Waals surface area contributed by atoms with Crippen LogP contribution in [0.15, 0.2) is 103 Å². The van der Waals surface area contributed by atoms with E-state index < -0.39 is 13.2 Å². The molecular formula is C21H18BrO2P. The van der Waals surface area contributed by atoms with Crippen molar-refractivity contribution in [2.45, 2.75) is 0 Å². The lowest BCUT2D eigenvalue weighted by Crippen LogP contribution is -2.30. The number of carbonyl (C=O) groups excluding carboxylic acids is 1. The Morgan fingerprint density at radius 3 is 1.28 bits per heavy atom. The summed E-state index contributed by atoms with van der Waals surface area (Å²) in [7, 11) is -2.21. The summed E-state index contributed by atoms with van der Waals surface area (Å²) in [5.74, 6) is 0.643. The highest BCUT2D eigenvalue weighted by Gasteiger charge is 2.42. The highest BCUT2D eigenvalue weighted by molar-refractivity contribution is 8.93. The van der Waals surface area contributed by atoms with Crippen molar-refractivity contribution in [3.63, 3.8) is 0 Å². The summed E-state index contributed by atoms with van der Waals surface area (Å²) in [6, 6.07) is 30.2. The Morgan fingerprint density at radius 1 is 0.680 bits per heavy atom. The van der Waals surface area contributed by atoms with Crippen LogP contribution >= 0.6 is 24.2 Å². The van der Waals surface area contributed by atoms with Crippen molar-refractivity contribution in [2.75, 3.05) is 0 Å². The third-order valence-electron chi connectivity index (χ3n) is 3.92. The van der Waals surface area contributed by atoms with Gasteiger partial charge >= 0.3 is 0 Å². The largest absolute Gasteiger partial charge is 0.545 e. The molecule has 0 amide bonds. The van der Waals surface area contributed by atoms with Crippen LogP contribution in [0.5, 0.6) is 0 Å². The number of rotatable bonds is 5. The number of halogens is 1. The van der Waals surface area contributed by atoms with Crippen molar-refractivity contribution < 1.29 is 9.90 Å². The van der Waals surface area contributed by atoms with Gasteiger partial charge in [0.25, 0.3) is 0 Å². The van der Waals surface area contributed by atoms with E-state index in [2.05, 4.69) is 36.4 Å². The van der Waals surface area contributed by atoms with E-state index in [1.54, 1.807) is 0 Å². The van der Waals surface area contributed by atoms with Crippen LogP contribution in [0.2, 0.25) is 0 Å². The molecule has 25 heavy (non-hydrogen) atoms. The Labute approximate surface area is 159 Å². The average Bonchev–Trinajstić information content (AvgIpc) is 2.65. The zero-order chi connectivity index (χ0) is 16.8. The van der Waals surface area contributed by atoms with Crippen LogP contribution in [0.4, 0.5) is 0 Å². The highest BCUT2D eigenvalue weighted by atomic mass is 79.9. The van der Waals surface area contributed by atoms with Gasteiger partial charge in [0.15, 0.2) is 0 Å². The SMILES string of the molecule is Br.O=C([O-])/C=C/[P+](c1ccccc1)(c1ccccc1)c1ccccc1. The molecule has 4 heteroatoms. The second-order valence-electron chi connectivity index (χ2n) is 5.36. The van der Waals surface area contributed by atoms with Crippen LogP contribution < -0.4 is 21.0 Å². The van der Waals surface area contributed by atoms with Crippen molar-refractivity contribution in [3.05, 3.63) is 103 Å². The van der Waals surface area contributed by atoms with E-state index in [9.17, 15) is 9.90 Å². The molecule has 0 spiro atoms. The van der Waals surface area contributed by atoms with Gasteiger partial charge in [-0.1, -0.05) is 54.6 Å². The summed E-state index contributed by atoms with van der Waals surface area (Å²) in [6.45, 7) is 0. The number of carboxylic acid groups (broad SMARTS) is 1. The van der Waals surface area contributed by atoms with Gasteiger partial charge in [0.1, 0.15) is 23.2 Å². The monoisotopic (exact) mass is 412 g/mol. The lowest BCUT2D eigenvalue weighted by molar-refractivity contribution is -0.297. The maximum absolute atomic E-state index is 11.2. The maximum Gasteiger partial charge on any atom is 0.137 e. The standard InChI is InChI=1S/C21H17O2P.BrH/c22-21(23)16-17-24(18-10-4-1-5-11-18,19-12-6-2-7-13-19)20-14-8-3-9-15-20;/h1-17H;1H/b17-16+;. The van der Waals surface area contributed by atoms with Gasteiger partial charge in [-0.25, -0.2) is 0 Å². The predicted molar refractivity (Wildman–Crippen MR) is 110 cm³/mol. The molecule has 0 atom stereocenters. The first-order valence-corrected chi connectivity index (χ1v) is 9.55. The summed E-state index contributed by atoms with van der Waals surface area (Å²) in [5, 5.41) is 14.5. The Hall–Kier alpha value is -2.22. The fraction of sp³-hybridized carbons (Fsp3) is 0. The van der Waals surface area contributed by atoms with E-state index in [4.69, 9.17) is 0 Å². The number of benzene rings is 3. The first kappa shape index (κ1) is 19.1. The fourth-order valence-corrected chi connectivity index (χ4v) is 6.55. The number of aliphatic carboxylic acids is 1. The van der Waals surface area contributed by atoms with Gasteiger partial charge in [-0.2, -0.15) is 0 Å². The van der Waals surface area contributed by atoms with Crippen LogP contribution in [-0.2, 0) is 4.79 Å². The topological polar surface area (TPSA) is 40.1 Å². The van der Waals surface area contributed by atoms with Crippen molar-refractivity contribution in [2.24, 2.45) is 0 Å². The predicted octanol–water partition coefficient (Wildman–Crippen LogP) is 2.82. The van der Waals surface area contributed by atoms with Gasteiger partial charge in [-0.3, -0.25) is 0 Å². The Morgan fingerprint density at radius 2 is 1.00 bits per heavy atom. The van der Waals surface area contributed by atoms with Gasteiger partial charge in [0.2, 0.25) is 0 Å². The third kappa shape index (κ3) is 4.07. The molecule has 0 saturated carbocycles. The minimum atomic E-state index is -2.21. The first-order valence-electron chi connectivity index (χ1n) is 7.69. The third-order valence-corrected chi connectivity index (χ3v) is 7.86. The zero-order valence-corrected chi connectivity index (χ0v) is 16.1. The molecule has 0 aliphatic carbocycles. The Kier molecular flexibility index (Phi) is 6.69. The van der Waals surface area contributed by atoms with Gasteiger partial charge in [0.05, 0.1) is 11.8 Å². The lowest BCUT2D eigenvalue weighted by atomic mass is 10.4. The minimum Gasteiger partial charge on any atom is -0.545 e. The normalized spacial score (nSPS) is 11.0. The minimum absolute atomic E-state index is 0. The molecule has 0 saturated heterocycles. The molecule has 3 aromatic carbocycles. The first-order chi connectivity index (χ1) is 11.7. The maximum atomic E-state index is 11.2. The molecule has 0 bridgehead atoms. The van der Waals surface area contributed by atoms with Crippen molar-refractivity contribution >= 4 is 46.1 Å². The summed E-state index contributed by atoms with van der Waals surface area (Å²) >= 11 is 0. The van der Waals surface area contributed by atoms with E-state index in [1.807, 2.05) is 60.4 Å². The molecule has 0 heterocycles. The van der Waals surface area contributed by atoms with Crippen LogP contribution in [-0.4, -0.2) is 5.97 Å². The molecule has 0 aliphatic rings. The lowest BCUT2D eigenvalue weighted by Gasteiger charge is -2.24. The summed E-state index contributed by atoms with van der Waals surface area (Å²) in [6.07, 6.45) is 1.17. The van der Waals surface area contributed by atoms with Crippen LogP contribution in [0.1, 0.15) is 0 Å². The number of hydrogen-bond acceptors (Lipinski definition) is 2. The number of carboxylic acids is 1. The summed E-state index contributed by atoms with van der Waals surface area (Å²) < 4.78 is 0. The molecule has 3 rings (SSSR count). The van der Waals surface area contributed by atoms with Gasteiger partial charge in [-0.05, 0) is 42.5 Å². The van der Waals surface area contributed by atoms with Gasteiger partial charge in [-0.15, -0.1) is 17.0 Å². The van der Waals surface area contributed by atoms with Crippen LogP contribution in [0.3, 0.4) is 0 Å². The Bertz CT molecular complexity index is 737. The molecule has 0 aliphatic heterocycles. The molecular weight excluding hydrogens is 395 g/mol.